The van der Waals surface area contributed by atoms with Crippen molar-refractivity contribution < 1.29 is 27.5 Å². The highest BCUT2D eigenvalue weighted by Crippen LogP contribution is 2.32. The van der Waals surface area contributed by atoms with Crippen LogP contribution >= 0.6 is 0 Å². The average Bonchev–Trinajstić information content (AvgIpc) is 2.42. The molecule has 23 heavy (non-hydrogen) atoms. The molecule has 1 aliphatic heterocycles. The monoisotopic (exact) mass is 331 g/mol. The van der Waals surface area contributed by atoms with Gasteiger partial charge in [-0.3, -0.25) is 10.1 Å². The van der Waals surface area contributed by atoms with E-state index in [1.165, 1.54) is 12.1 Å². The normalized spacial score (nSPS) is 14.1. The Bertz CT molecular complexity index is 605. The number of nitrogens with zero attached hydrogens (tertiary/aromatic N) is 1. The number of halogens is 3. The number of rotatable bonds is 4. The Balaban J connectivity index is 2.04. The molecule has 1 aliphatic rings. The minimum absolute atomic E-state index is 0.0587. The van der Waals surface area contributed by atoms with Gasteiger partial charge in [-0.25, -0.2) is 4.79 Å². The molecular formula is C14H16F3N3O3. The van der Waals surface area contributed by atoms with Crippen LogP contribution in [0.25, 0.3) is 0 Å². The Kier molecular flexibility index (Phi) is 4.97. The summed E-state index contributed by atoms with van der Waals surface area (Å²) in [5.41, 5.74) is 6.35. The molecule has 0 aromatic heterocycles. The summed E-state index contributed by atoms with van der Waals surface area (Å²) in [7, 11) is 0. The Labute approximate surface area is 130 Å². The summed E-state index contributed by atoms with van der Waals surface area (Å²) in [5.74, 6) is -0.758. The van der Waals surface area contributed by atoms with Gasteiger partial charge >= 0.3 is 12.4 Å². The fourth-order valence-corrected chi connectivity index (χ4v) is 2.52. The summed E-state index contributed by atoms with van der Waals surface area (Å²) < 4.78 is 40.7. The van der Waals surface area contributed by atoms with Crippen LogP contribution in [0.5, 0.6) is 5.75 Å². The van der Waals surface area contributed by atoms with Crippen LogP contribution in [0.2, 0.25) is 0 Å². The van der Waals surface area contributed by atoms with E-state index in [9.17, 15) is 22.8 Å². The maximum Gasteiger partial charge on any atom is 0.573 e. The van der Waals surface area contributed by atoms with E-state index in [1.807, 2.05) is 10.2 Å². The number of alkyl halides is 3. The number of benzene rings is 1. The Morgan fingerprint density at radius 2 is 2.09 bits per heavy atom. The van der Waals surface area contributed by atoms with Crippen molar-refractivity contribution in [2.24, 2.45) is 5.73 Å². The number of imide groups is 1. The van der Waals surface area contributed by atoms with Crippen molar-refractivity contribution in [2.75, 3.05) is 18.0 Å². The molecule has 0 bridgehead atoms. The summed E-state index contributed by atoms with van der Waals surface area (Å²) in [6.45, 7) is 1.02. The van der Waals surface area contributed by atoms with E-state index in [0.29, 0.717) is 19.5 Å². The van der Waals surface area contributed by atoms with Gasteiger partial charge in [0.1, 0.15) is 5.75 Å². The highest BCUT2D eigenvalue weighted by atomic mass is 19.4. The van der Waals surface area contributed by atoms with E-state index in [0.717, 1.165) is 17.7 Å². The van der Waals surface area contributed by atoms with E-state index in [4.69, 9.17) is 5.73 Å². The van der Waals surface area contributed by atoms with Crippen molar-refractivity contribution >= 4 is 17.6 Å². The minimum Gasteiger partial charge on any atom is -0.406 e. The number of amides is 3. The molecule has 1 heterocycles. The van der Waals surface area contributed by atoms with Crippen LogP contribution in [0.4, 0.5) is 23.7 Å². The first kappa shape index (κ1) is 16.9. The van der Waals surface area contributed by atoms with Gasteiger partial charge in [0.25, 0.3) is 0 Å². The Morgan fingerprint density at radius 1 is 1.35 bits per heavy atom. The third kappa shape index (κ3) is 5.04. The molecule has 0 atom stereocenters. The first-order valence-corrected chi connectivity index (χ1v) is 6.97. The molecule has 6 nitrogen and oxygen atoms in total. The lowest BCUT2D eigenvalue weighted by Crippen LogP contribution is -2.38. The maximum absolute atomic E-state index is 12.2. The van der Waals surface area contributed by atoms with Gasteiger partial charge in [0.15, 0.2) is 0 Å². The molecule has 0 saturated heterocycles. The number of nitrogens with two attached hydrogens (primary N) is 1. The first-order valence-electron chi connectivity index (χ1n) is 6.97. The van der Waals surface area contributed by atoms with Crippen molar-refractivity contribution in [2.45, 2.75) is 25.6 Å². The molecule has 2 rings (SSSR count). The minimum atomic E-state index is -4.73. The average molecular weight is 331 g/mol. The fraction of sp³-hybridized carbons (Fsp3) is 0.429. The van der Waals surface area contributed by atoms with Gasteiger partial charge in [-0.05, 0) is 36.6 Å². The molecule has 3 amide bonds. The van der Waals surface area contributed by atoms with E-state index in [1.54, 1.807) is 6.07 Å². The summed E-state index contributed by atoms with van der Waals surface area (Å²) in [5, 5.41) is 1.97. The molecule has 0 radical (unpaired) electrons. The second-order valence-corrected chi connectivity index (χ2v) is 5.09. The highest BCUT2D eigenvalue weighted by Gasteiger charge is 2.31. The standard InChI is InChI=1S/C14H16F3N3O3/c15-14(16,17)23-10-3-4-11-9(8-10)2-1-6-20(11)7-5-12(21)19-13(18)22/h3-4,8H,1-2,5-7H2,(H3,18,19,21,22). The summed E-state index contributed by atoms with van der Waals surface area (Å²) in [6, 6.07) is 3.23. The van der Waals surface area contributed by atoms with E-state index in [-0.39, 0.29) is 12.2 Å². The lowest BCUT2D eigenvalue weighted by Gasteiger charge is -2.31. The molecular weight excluding hydrogens is 315 g/mol. The van der Waals surface area contributed by atoms with E-state index in [2.05, 4.69) is 4.74 Å². The second kappa shape index (κ2) is 6.76. The number of carbonyl (C=O) groups is 2. The van der Waals surface area contributed by atoms with Crippen molar-refractivity contribution in [3.63, 3.8) is 0 Å². The molecule has 3 N–H and O–H groups in total. The molecule has 0 unspecified atom stereocenters. The van der Waals surface area contributed by atoms with Gasteiger partial charge in [-0.15, -0.1) is 13.2 Å². The third-order valence-electron chi connectivity index (χ3n) is 3.37. The van der Waals surface area contributed by atoms with Crippen LogP contribution in [-0.4, -0.2) is 31.4 Å². The Morgan fingerprint density at radius 3 is 2.74 bits per heavy atom. The predicted molar refractivity (Wildman–Crippen MR) is 76.0 cm³/mol. The zero-order chi connectivity index (χ0) is 17.0. The number of hydrogen-bond donors (Lipinski definition) is 2. The third-order valence-corrected chi connectivity index (χ3v) is 3.37. The molecule has 0 fully saturated rings. The quantitative estimate of drug-likeness (QED) is 0.883. The van der Waals surface area contributed by atoms with Crippen LogP contribution in [0.3, 0.4) is 0 Å². The van der Waals surface area contributed by atoms with Crippen LogP contribution < -0.4 is 20.7 Å². The number of fused-ring (bicyclic) bond motifs is 1. The largest absolute Gasteiger partial charge is 0.573 e. The molecule has 9 heteroatoms. The number of urea groups is 1. The zero-order valence-corrected chi connectivity index (χ0v) is 12.2. The highest BCUT2D eigenvalue weighted by molar-refractivity contribution is 5.93. The first-order chi connectivity index (χ1) is 10.7. The van der Waals surface area contributed by atoms with Crippen LogP contribution in [0, 0.1) is 0 Å². The lowest BCUT2D eigenvalue weighted by molar-refractivity contribution is -0.274. The van der Waals surface area contributed by atoms with Gasteiger partial charge in [0.2, 0.25) is 5.91 Å². The van der Waals surface area contributed by atoms with Crippen LogP contribution in [0.1, 0.15) is 18.4 Å². The number of nitrogens with one attached hydrogen (secondary N) is 1. The summed E-state index contributed by atoms with van der Waals surface area (Å²) >= 11 is 0. The second-order valence-electron chi connectivity index (χ2n) is 5.09. The van der Waals surface area contributed by atoms with Gasteiger partial charge < -0.3 is 15.4 Å². The Hall–Kier alpha value is -2.45. The summed E-state index contributed by atoms with van der Waals surface area (Å²) in [6.07, 6.45) is -3.28. The number of anilines is 1. The molecule has 1 aromatic carbocycles. The van der Waals surface area contributed by atoms with Crippen molar-refractivity contribution in [1.29, 1.82) is 0 Å². The topological polar surface area (TPSA) is 84.7 Å². The van der Waals surface area contributed by atoms with E-state index < -0.39 is 18.3 Å². The molecule has 0 saturated carbocycles. The molecule has 1 aromatic rings. The van der Waals surface area contributed by atoms with E-state index >= 15 is 0 Å². The maximum atomic E-state index is 12.2. The smallest absolute Gasteiger partial charge is 0.406 e. The van der Waals surface area contributed by atoms with Crippen molar-refractivity contribution in [3.8, 4) is 5.75 Å². The molecule has 0 spiro atoms. The van der Waals surface area contributed by atoms with Crippen molar-refractivity contribution in [1.82, 2.24) is 5.32 Å². The van der Waals surface area contributed by atoms with Crippen LogP contribution in [-0.2, 0) is 11.2 Å². The molecule has 126 valence electrons. The fourth-order valence-electron chi connectivity index (χ4n) is 2.52. The van der Waals surface area contributed by atoms with Gasteiger partial charge in [-0.1, -0.05) is 0 Å². The molecule has 0 aliphatic carbocycles. The number of carbonyl (C=O) groups excluding carboxylic acids is 2. The van der Waals surface area contributed by atoms with Gasteiger partial charge in [0.05, 0.1) is 0 Å². The number of ether oxygens (including phenoxy) is 1. The number of primary amides is 1. The van der Waals surface area contributed by atoms with Gasteiger partial charge in [0, 0.05) is 25.2 Å². The zero-order valence-electron chi connectivity index (χ0n) is 12.2. The van der Waals surface area contributed by atoms with Crippen LogP contribution in [0.15, 0.2) is 18.2 Å². The SMILES string of the molecule is NC(=O)NC(=O)CCN1CCCc2cc(OC(F)(F)F)ccc21. The van der Waals surface area contributed by atoms with Gasteiger partial charge in [-0.2, -0.15) is 0 Å². The van der Waals surface area contributed by atoms with Crippen molar-refractivity contribution in [3.05, 3.63) is 23.8 Å². The lowest BCUT2D eigenvalue weighted by atomic mass is 10.0. The summed E-state index contributed by atoms with van der Waals surface area (Å²) in [4.78, 5) is 23.9. The number of hydrogen-bond acceptors (Lipinski definition) is 4. The number of aryl methyl sites for hydroxylation is 1. The predicted octanol–water partition coefficient (Wildman–Crippen LogP) is 1.92.